The van der Waals surface area contributed by atoms with Gasteiger partial charge in [-0.3, -0.25) is 9.59 Å². The summed E-state index contributed by atoms with van der Waals surface area (Å²) >= 11 is 0. The van der Waals surface area contributed by atoms with Crippen molar-refractivity contribution in [3.63, 3.8) is 0 Å². The fourth-order valence-corrected chi connectivity index (χ4v) is 3.13. The van der Waals surface area contributed by atoms with Crippen molar-refractivity contribution in [1.82, 2.24) is 4.90 Å². The van der Waals surface area contributed by atoms with Crippen LogP contribution >= 0.6 is 0 Å². The molecule has 2 fully saturated rings. The third-order valence-electron chi connectivity index (χ3n) is 4.02. The molecule has 96 valence electrons. The van der Waals surface area contributed by atoms with Crippen molar-refractivity contribution in [1.29, 1.82) is 0 Å². The number of piperidine rings is 1. The Kier molecular flexibility index (Phi) is 4.02. The summed E-state index contributed by atoms with van der Waals surface area (Å²) < 4.78 is 0. The molecule has 2 aliphatic rings. The number of aliphatic carboxylic acids is 1. The molecule has 0 bridgehead atoms. The molecule has 1 saturated heterocycles. The zero-order valence-corrected chi connectivity index (χ0v) is 10.2. The van der Waals surface area contributed by atoms with Gasteiger partial charge in [0.15, 0.2) is 0 Å². The average molecular weight is 239 g/mol. The van der Waals surface area contributed by atoms with E-state index in [9.17, 15) is 9.59 Å². The Hall–Kier alpha value is -1.06. The molecule has 0 aromatic rings. The Morgan fingerprint density at radius 1 is 1.18 bits per heavy atom. The number of likely N-dealkylation sites (tertiary alicyclic amines) is 1. The number of carbonyl (C=O) groups is 2. The van der Waals surface area contributed by atoms with Crippen molar-refractivity contribution in [3.8, 4) is 0 Å². The second-order valence-electron chi connectivity index (χ2n) is 5.26. The Morgan fingerprint density at radius 3 is 2.53 bits per heavy atom. The van der Waals surface area contributed by atoms with Gasteiger partial charge in [0.1, 0.15) is 0 Å². The number of rotatable bonds is 3. The molecule has 2 rings (SSSR count). The van der Waals surface area contributed by atoms with Crippen LogP contribution in [-0.4, -0.2) is 34.5 Å². The summed E-state index contributed by atoms with van der Waals surface area (Å²) in [7, 11) is 0. The summed E-state index contributed by atoms with van der Waals surface area (Å²) in [6, 6.07) is 0.382. The van der Waals surface area contributed by atoms with E-state index in [0.717, 1.165) is 32.2 Å². The second kappa shape index (κ2) is 5.52. The van der Waals surface area contributed by atoms with Crippen LogP contribution in [0.3, 0.4) is 0 Å². The molecule has 1 aliphatic carbocycles. The van der Waals surface area contributed by atoms with E-state index in [1.54, 1.807) is 0 Å². The van der Waals surface area contributed by atoms with Gasteiger partial charge in [-0.05, 0) is 25.7 Å². The third kappa shape index (κ3) is 2.99. The minimum absolute atomic E-state index is 0.00204. The fraction of sp³-hybridized carbons (Fsp3) is 0.846. The first-order valence-electron chi connectivity index (χ1n) is 6.71. The monoisotopic (exact) mass is 239 g/mol. The SMILES string of the molecule is O=C(O)CC1CCCN(C2CCCCC2)C1=O. The highest BCUT2D eigenvalue weighted by Crippen LogP contribution is 2.29. The Bertz CT molecular complexity index is 297. The molecule has 1 N–H and O–H groups in total. The number of hydrogen-bond donors (Lipinski definition) is 1. The molecular formula is C13H21NO3. The van der Waals surface area contributed by atoms with Crippen LogP contribution in [0, 0.1) is 5.92 Å². The molecule has 4 nitrogen and oxygen atoms in total. The molecule has 1 aliphatic heterocycles. The summed E-state index contributed by atoms with van der Waals surface area (Å²) in [5, 5.41) is 8.81. The smallest absolute Gasteiger partial charge is 0.304 e. The van der Waals surface area contributed by atoms with Gasteiger partial charge < -0.3 is 10.0 Å². The normalized spacial score (nSPS) is 27.2. The first kappa shape index (κ1) is 12.4. The highest BCUT2D eigenvalue weighted by Gasteiger charge is 2.34. The molecule has 0 aromatic carbocycles. The molecule has 1 saturated carbocycles. The van der Waals surface area contributed by atoms with Crippen LogP contribution in [0.15, 0.2) is 0 Å². The minimum Gasteiger partial charge on any atom is -0.481 e. The summed E-state index contributed by atoms with van der Waals surface area (Å²) in [6.07, 6.45) is 7.60. The molecule has 1 heterocycles. The maximum Gasteiger partial charge on any atom is 0.304 e. The highest BCUT2D eigenvalue weighted by atomic mass is 16.4. The molecule has 1 amide bonds. The molecular weight excluding hydrogens is 218 g/mol. The second-order valence-corrected chi connectivity index (χ2v) is 5.26. The molecule has 17 heavy (non-hydrogen) atoms. The van der Waals surface area contributed by atoms with Gasteiger partial charge in [-0.25, -0.2) is 0 Å². The van der Waals surface area contributed by atoms with Gasteiger partial charge in [0, 0.05) is 18.5 Å². The van der Waals surface area contributed by atoms with Crippen LogP contribution in [-0.2, 0) is 9.59 Å². The Labute approximate surface area is 102 Å². The van der Waals surface area contributed by atoms with Crippen molar-refractivity contribution in [2.75, 3.05) is 6.54 Å². The molecule has 0 radical (unpaired) electrons. The summed E-state index contributed by atoms with van der Waals surface area (Å²) in [5.74, 6) is -1.04. The number of hydrogen-bond acceptors (Lipinski definition) is 2. The number of nitrogens with zero attached hydrogens (tertiary/aromatic N) is 1. The maximum absolute atomic E-state index is 12.2. The zero-order chi connectivity index (χ0) is 12.3. The largest absolute Gasteiger partial charge is 0.481 e. The van der Waals surface area contributed by atoms with E-state index >= 15 is 0 Å². The quantitative estimate of drug-likeness (QED) is 0.819. The fourth-order valence-electron chi connectivity index (χ4n) is 3.13. The first-order valence-corrected chi connectivity index (χ1v) is 6.71. The standard InChI is InChI=1S/C13H21NO3/c15-12(16)9-10-5-4-8-14(13(10)17)11-6-2-1-3-7-11/h10-11H,1-9H2,(H,15,16). The highest BCUT2D eigenvalue weighted by molar-refractivity contribution is 5.84. The minimum atomic E-state index is -0.853. The molecule has 0 spiro atoms. The van der Waals surface area contributed by atoms with Gasteiger partial charge in [-0.2, -0.15) is 0 Å². The van der Waals surface area contributed by atoms with Gasteiger partial charge in [0.25, 0.3) is 0 Å². The van der Waals surface area contributed by atoms with Crippen LogP contribution in [0.4, 0.5) is 0 Å². The molecule has 0 aromatic heterocycles. The van der Waals surface area contributed by atoms with Crippen molar-refractivity contribution < 1.29 is 14.7 Å². The van der Waals surface area contributed by atoms with Crippen LogP contribution in [0.1, 0.15) is 51.4 Å². The molecule has 4 heteroatoms. The summed E-state index contributed by atoms with van der Waals surface area (Å²) in [4.78, 5) is 24.9. The third-order valence-corrected chi connectivity index (χ3v) is 4.02. The van der Waals surface area contributed by atoms with Crippen molar-refractivity contribution in [3.05, 3.63) is 0 Å². The van der Waals surface area contributed by atoms with Crippen molar-refractivity contribution in [2.45, 2.75) is 57.4 Å². The van der Waals surface area contributed by atoms with Gasteiger partial charge >= 0.3 is 5.97 Å². The number of amides is 1. The topological polar surface area (TPSA) is 57.6 Å². The van der Waals surface area contributed by atoms with E-state index in [-0.39, 0.29) is 18.2 Å². The van der Waals surface area contributed by atoms with E-state index in [1.807, 2.05) is 4.90 Å². The average Bonchev–Trinajstić information content (AvgIpc) is 2.32. The number of carboxylic acids is 1. The van der Waals surface area contributed by atoms with Crippen molar-refractivity contribution in [2.24, 2.45) is 5.92 Å². The van der Waals surface area contributed by atoms with Gasteiger partial charge in [-0.1, -0.05) is 19.3 Å². The predicted octanol–water partition coefficient (Wildman–Crippen LogP) is 2.03. The van der Waals surface area contributed by atoms with E-state index in [4.69, 9.17) is 5.11 Å². The van der Waals surface area contributed by atoms with Gasteiger partial charge in [0.05, 0.1) is 6.42 Å². The predicted molar refractivity (Wildman–Crippen MR) is 63.6 cm³/mol. The van der Waals surface area contributed by atoms with Crippen molar-refractivity contribution >= 4 is 11.9 Å². The Balaban J connectivity index is 1.97. The first-order chi connectivity index (χ1) is 8.18. The number of carboxylic acid groups (broad SMARTS) is 1. The zero-order valence-electron chi connectivity index (χ0n) is 10.2. The van der Waals surface area contributed by atoms with Crippen LogP contribution in [0.2, 0.25) is 0 Å². The van der Waals surface area contributed by atoms with Gasteiger partial charge in [0.2, 0.25) is 5.91 Å². The van der Waals surface area contributed by atoms with Gasteiger partial charge in [-0.15, -0.1) is 0 Å². The summed E-state index contributed by atoms with van der Waals surface area (Å²) in [6.45, 7) is 0.833. The maximum atomic E-state index is 12.2. The lowest BCUT2D eigenvalue weighted by Crippen LogP contribution is -2.48. The lowest BCUT2D eigenvalue weighted by Gasteiger charge is -2.39. The van der Waals surface area contributed by atoms with Crippen LogP contribution in [0.25, 0.3) is 0 Å². The molecule has 1 atom stereocenters. The molecule has 1 unspecified atom stereocenters. The van der Waals surface area contributed by atoms with E-state index in [2.05, 4.69) is 0 Å². The lowest BCUT2D eigenvalue weighted by atomic mass is 9.88. The van der Waals surface area contributed by atoms with E-state index in [1.165, 1.54) is 19.3 Å². The van der Waals surface area contributed by atoms with Crippen LogP contribution < -0.4 is 0 Å². The summed E-state index contributed by atoms with van der Waals surface area (Å²) in [5.41, 5.74) is 0. The Morgan fingerprint density at radius 2 is 1.88 bits per heavy atom. The lowest BCUT2D eigenvalue weighted by molar-refractivity contribution is -0.148. The van der Waals surface area contributed by atoms with Crippen LogP contribution in [0.5, 0.6) is 0 Å². The van der Waals surface area contributed by atoms with E-state index in [0.29, 0.717) is 6.04 Å². The van der Waals surface area contributed by atoms with E-state index < -0.39 is 5.97 Å². The number of carbonyl (C=O) groups excluding carboxylic acids is 1.